The van der Waals surface area contributed by atoms with Crippen LogP contribution in [0.25, 0.3) is 10.6 Å². The van der Waals surface area contributed by atoms with Gasteiger partial charge in [0.05, 0.1) is 22.7 Å². The first-order valence-electron chi connectivity index (χ1n) is 8.80. The number of thiazole rings is 1. The normalized spacial score (nSPS) is 12.5. The number of imidazole rings is 1. The van der Waals surface area contributed by atoms with Crippen LogP contribution in [0.1, 0.15) is 34.9 Å². The molecule has 0 amide bonds. The minimum absolute atomic E-state index is 0.0275. The number of hydrogen-bond acceptors (Lipinski definition) is 7. The van der Waals surface area contributed by atoms with Gasteiger partial charge in [-0.3, -0.25) is 9.36 Å². The van der Waals surface area contributed by atoms with Gasteiger partial charge < -0.3 is 4.90 Å². The fourth-order valence-corrected chi connectivity index (χ4v) is 4.27. The molecule has 0 aliphatic heterocycles. The van der Waals surface area contributed by atoms with E-state index >= 15 is 0 Å². The summed E-state index contributed by atoms with van der Waals surface area (Å²) in [7, 11) is 0. The van der Waals surface area contributed by atoms with Crippen LogP contribution in [0.4, 0.5) is 5.95 Å². The van der Waals surface area contributed by atoms with Gasteiger partial charge in [0.2, 0.25) is 11.9 Å². The summed E-state index contributed by atoms with van der Waals surface area (Å²) in [5.41, 5.74) is 3.17. The Balaban J connectivity index is 1.65. The highest BCUT2D eigenvalue weighted by Crippen LogP contribution is 2.37. The van der Waals surface area contributed by atoms with Gasteiger partial charge in [0.25, 0.3) is 0 Å². The molecule has 0 unspecified atom stereocenters. The SMILES string of the molecule is CCN(CC)c1ncc2c(n1)-c1sc(CC(=O)n3ccnc3)nc1CC2. The molecule has 8 heteroatoms. The highest BCUT2D eigenvalue weighted by Gasteiger charge is 2.24. The molecule has 0 spiro atoms. The molecule has 0 radical (unpaired) electrons. The zero-order valence-electron chi connectivity index (χ0n) is 14.8. The Kier molecular flexibility index (Phi) is 4.50. The zero-order valence-corrected chi connectivity index (χ0v) is 15.7. The third kappa shape index (κ3) is 3.01. The van der Waals surface area contributed by atoms with E-state index in [9.17, 15) is 4.79 Å². The molecule has 0 atom stereocenters. The summed E-state index contributed by atoms with van der Waals surface area (Å²) in [5, 5.41) is 0.824. The summed E-state index contributed by atoms with van der Waals surface area (Å²) in [6, 6.07) is 0. The van der Waals surface area contributed by atoms with E-state index in [0.717, 1.165) is 58.7 Å². The van der Waals surface area contributed by atoms with Crippen molar-refractivity contribution in [3.05, 3.63) is 41.2 Å². The number of hydrogen-bond donors (Lipinski definition) is 0. The van der Waals surface area contributed by atoms with Crippen molar-refractivity contribution in [3.8, 4) is 10.6 Å². The third-order valence-corrected chi connectivity index (χ3v) is 5.69. The minimum Gasteiger partial charge on any atom is -0.341 e. The van der Waals surface area contributed by atoms with Crippen molar-refractivity contribution in [2.45, 2.75) is 33.1 Å². The standard InChI is InChI=1S/C18H20N6OS/c1-3-23(4-2)18-20-10-12-5-6-13-17(16(12)22-18)26-14(21-13)9-15(25)24-8-7-19-11-24/h7-8,10-11H,3-6,9H2,1-2H3. The Bertz CT molecular complexity index is 929. The second-order valence-corrected chi connectivity index (χ2v) is 7.22. The smallest absolute Gasteiger partial charge is 0.238 e. The van der Waals surface area contributed by atoms with Crippen LogP contribution >= 0.6 is 11.3 Å². The van der Waals surface area contributed by atoms with Gasteiger partial charge in [0.15, 0.2) is 0 Å². The van der Waals surface area contributed by atoms with Crippen LogP contribution in [0.15, 0.2) is 24.9 Å². The lowest BCUT2D eigenvalue weighted by atomic mass is 10.00. The van der Waals surface area contributed by atoms with Crippen molar-refractivity contribution in [1.29, 1.82) is 0 Å². The van der Waals surface area contributed by atoms with E-state index in [2.05, 4.69) is 28.7 Å². The number of nitrogens with zero attached hydrogens (tertiary/aromatic N) is 6. The third-order valence-electron chi connectivity index (χ3n) is 4.58. The number of carbonyl (C=O) groups is 1. The first-order valence-corrected chi connectivity index (χ1v) is 9.62. The van der Waals surface area contributed by atoms with E-state index < -0.39 is 0 Å². The van der Waals surface area contributed by atoms with Crippen molar-refractivity contribution in [2.75, 3.05) is 18.0 Å². The van der Waals surface area contributed by atoms with E-state index in [1.807, 2.05) is 6.20 Å². The Morgan fingerprint density at radius 3 is 2.85 bits per heavy atom. The van der Waals surface area contributed by atoms with Gasteiger partial charge >= 0.3 is 0 Å². The van der Waals surface area contributed by atoms with Gasteiger partial charge in [-0.1, -0.05) is 0 Å². The Hall–Kier alpha value is -2.61. The van der Waals surface area contributed by atoms with Crippen molar-refractivity contribution < 1.29 is 4.79 Å². The molecule has 0 N–H and O–H groups in total. The molecule has 7 nitrogen and oxygen atoms in total. The van der Waals surface area contributed by atoms with Crippen molar-refractivity contribution in [1.82, 2.24) is 24.5 Å². The number of rotatable bonds is 5. The van der Waals surface area contributed by atoms with Crippen LogP contribution in [0, 0.1) is 0 Å². The van der Waals surface area contributed by atoms with Gasteiger partial charge in [-0.15, -0.1) is 11.3 Å². The average Bonchev–Trinajstić information content (AvgIpc) is 3.32. The van der Waals surface area contributed by atoms with E-state index in [4.69, 9.17) is 9.97 Å². The van der Waals surface area contributed by atoms with Crippen molar-refractivity contribution >= 4 is 23.2 Å². The number of aryl methyl sites for hydroxylation is 2. The van der Waals surface area contributed by atoms with Crippen LogP contribution in [0.2, 0.25) is 0 Å². The molecular formula is C18H20N6OS. The maximum atomic E-state index is 12.3. The number of carbonyl (C=O) groups excluding carboxylic acids is 1. The summed E-state index contributed by atoms with van der Waals surface area (Å²) in [4.78, 5) is 33.5. The van der Waals surface area contributed by atoms with E-state index in [1.54, 1.807) is 23.7 Å². The summed E-state index contributed by atoms with van der Waals surface area (Å²) in [5.74, 6) is 0.728. The van der Waals surface area contributed by atoms with Crippen molar-refractivity contribution in [3.63, 3.8) is 0 Å². The Morgan fingerprint density at radius 1 is 1.27 bits per heavy atom. The zero-order chi connectivity index (χ0) is 18.1. The molecule has 0 saturated heterocycles. The lowest BCUT2D eigenvalue weighted by molar-refractivity contribution is 0.0914. The topological polar surface area (TPSA) is 76.8 Å². The lowest BCUT2D eigenvalue weighted by Crippen LogP contribution is -2.24. The monoisotopic (exact) mass is 368 g/mol. The van der Waals surface area contributed by atoms with Gasteiger partial charge in [-0.25, -0.2) is 19.9 Å². The lowest BCUT2D eigenvalue weighted by Gasteiger charge is -2.21. The molecule has 134 valence electrons. The largest absolute Gasteiger partial charge is 0.341 e. The van der Waals surface area contributed by atoms with E-state index in [0.29, 0.717) is 0 Å². The predicted octanol–water partition coefficient (Wildman–Crippen LogP) is 2.62. The van der Waals surface area contributed by atoms with Crippen molar-refractivity contribution in [2.24, 2.45) is 0 Å². The van der Waals surface area contributed by atoms with Crippen LogP contribution < -0.4 is 4.90 Å². The van der Waals surface area contributed by atoms with Crippen LogP contribution in [0.3, 0.4) is 0 Å². The molecule has 3 aromatic rings. The van der Waals surface area contributed by atoms with Gasteiger partial charge in [0, 0.05) is 31.7 Å². The van der Waals surface area contributed by atoms with E-state index in [1.165, 1.54) is 10.9 Å². The number of aromatic nitrogens is 5. The molecule has 3 heterocycles. The summed E-state index contributed by atoms with van der Waals surface area (Å²) in [6.07, 6.45) is 8.76. The molecule has 0 aromatic carbocycles. The van der Waals surface area contributed by atoms with Crippen LogP contribution in [0.5, 0.6) is 0 Å². The van der Waals surface area contributed by atoms with Gasteiger partial charge in [-0.05, 0) is 32.3 Å². The molecular weight excluding hydrogens is 348 g/mol. The molecule has 1 aliphatic rings. The van der Waals surface area contributed by atoms with E-state index in [-0.39, 0.29) is 12.3 Å². The first kappa shape index (κ1) is 16.8. The molecule has 1 aliphatic carbocycles. The van der Waals surface area contributed by atoms with Gasteiger partial charge in [-0.2, -0.15) is 0 Å². The first-order chi connectivity index (χ1) is 12.7. The predicted molar refractivity (Wildman–Crippen MR) is 101 cm³/mol. The number of fused-ring (bicyclic) bond motifs is 3. The molecule has 0 saturated carbocycles. The quantitative estimate of drug-likeness (QED) is 0.689. The molecule has 0 fully saturated rings. The fraction of sp³-hybridized carbons (Fsp3) is 0.389. The fourth-order valence-electron chi connectivity index (χ4n) is 3.15. The second kappa shape index (κ2) is 6.95. The maximum Gasteiger partial charge on any atom is 0.238 e. The Morgan fingerprint density at radius 2 is 2.12 bits per heavy atom. The number of anilines is 1. The maximum absolute atomic E-state index is 12.3. The van der Waals surface area contributed by atoms with Crippen LogP contribution in [-0.4, -0.2) is 43.5 Å². The summed E-state index contributed by atoms with van der Waals surface area (Å²) >= 11 is 1.56. The second-order valence-electron chi connectivity index (χ2n) is 6.14. The van der Waals surface area contributed by atoms with Gasteiger partial charge in [0.1, 0.15) is 11.3 Å². The highest BCUT2D eigenvalue weighted by molar-refractivity contribution is 7.15. The average molecular weight is 368 g/mol. The summed E-state index contributed by atoms with van der Waals surface area (Å²) in [6.45, 7) is 5.94. The molecule has 26 heavy (non-hydrogen) atoms. The molecule has 0 bridgehead atoms. The highest BCUT2D eigenvalue weighted by atomic mass is 32.1. The summed E-state index contributed by atoms with van der Waals surface area (Å²) < 4.78 is 1.50. The molecule has 4 rings (SSSR count). The van der Waals surface area contributed by atoms with Crippen LogP contribution in [-0.2, 0) is 19.3 Å². The molecule has 3 aromatic heterocycles. The minimum atomic E-state index is -0.0275. The Labute approximate surface area is 155 Å².